The molecule has 2 aromatic carbocycles. The van der Waals surface area contributed by atoms with E-state index in [0.717, 1.165) is 11.3 Å². The fourth-order valence-corrected chi connectivity index (χ4v) is 2.21. The first kappa shape index (κ1) is 16.0. The molecule has 4 heteroatoms. The molecule has 0 fully saturated rings. The summed E-state index contributed by atoms with van der Waals surface area (Å²) in [7, 11) is 1.63. The van der Waals surface area contributed by atoms with E-state index in [1.807, 2.05) is 61.5 Å². The van der Waals surface area contributed by atoms with E-state index in [1.54, 1.807) is 7.11 Å². The van der Waals surface area contributed by atoms with E-state index in [1.165, 1.54) is 5.56 Å². The molecule has 0 bridgehead atoms. The predicted molar refractivity (Wildman–Crippen MR) is 87.7 cm³/mol. The first-order chi connectivity index (χ1) is 10.7. The standard InChI is InChI=1S/C18H22N2O2/c1-14(15-8-4-3-5-9-15)19-13-18(21)20-12-16-10-6-7-11-17(16)22-2/h3-11,14,19H,12-13H2,1-2H3,(H,20,21)/t14-/m1/s1. The van der Waals surface area contributed by atoms with E-state index in [0.29, 0.717) is 6.54 Å². The molecule has 0 unspecified atom stereocenters. The second kappa shape index (κ2) is 8.20. The minimum Gasteiger partial charge on any atom is -0.496 e. The Bertz CT molecular complexity index is 599. The summed E-state index contributed by atoms with van der Waals surface area (Å²) in [6.45, 7) is 2.79. The molecule has 1 amide bonds. The summed E-state index contributed by atoms with van der Waals surface area (Å²) in [6.07, 6.45) is 0. The van der Waals surface area contributed by atoms with Crippen LogP contribution in [0.3, 0.4) is 0 Å². The van der Waals surface area contributed by atoms with Crippen LogP contribution in [0.4, 0.5) is 0 Å². The zero-order valence-corrected chi connectivity index (χ0v) is 13.0. The van der Waals surface area contributed by atoms with E-state index >= 15 is 0 Å². The monoisotopic (exact) mass is 298 g/mol. The maximum absolute atomic E-state index is 11.9. The topological polar surface area (TPSA) is 50.4 Å². The first-order valence-electron chi connectivity index (χ1n) is 7.37. The summed E-state index contributed by atoms with van der Waals surface area (Å²) in [4.78, 5) is 11.9. The summed E-state index contributed by atoms with van der Waals surface area (Å²) in [5.41, 5.74) is 2.13. The van der Waals surface area contributed by atoms with Crippen LogP contribution in [0.25, 0.3) is 0 Å². The Morgan fingerprint density at radius 1 is 1.09 bits per heavy atom. The van der Waals surface area contributed by atoms with E-state index in [4.69, 9.17) is 4.74 Å². The van der Waals surface area contributed by atoms with Gasteiger partial charge in [-0.3, -0.25) is 4.79 Å². The number of para-hydroxylation sites is 1. The molecular weight excluding hydrogens is 276 g/mol. The lowest BCUT2D eigenvalue weighted by Gasteiger charge is -2.14. The molecule has 0 heterocycles. The quantitative estimate of drug-likeness (QED) is 0.826. The van der Waals surface area contributed by atoms with E-state index in [2.05, 4.69) is 10.6 Å². The van der Waals surface area contributed by atoms with Gasteiger partial charge in [-0.1, -0.05) is 48.5 Å². The fraction of sp³-hybridized carbons (Fsp3) is 0.278. The van der Waals surface area contributed by atoms with Crippen LogP contribution < -0.4 is 15.4 Å². The van der Waals surface area contributed by atoms with E-state index in [-0.39, 0.29) is 18.5 Å². The third-order valence-corrected chi connectivity index (χ3v) is 3.54. The van der Waals surface area contributed by atoms with Crippen LogP contribution in [0, 0.1) is 0 Å². The number of carbonyl (C=O) groups excluding carboxylic acids is 1. The van der Waals surface area contributed by atoms with Crippen LogP contribution in [0.5, 0.6) is 5.75 Å². The molecule has 116 valence electrons. The van der Waals surface area contributed by atoms with Gasteiger partial charge >= 0.3 is 0 Å². The zero-order chi connectivity index (χ0) is 15.8. The molecule has 2 rings (SSSR count). The van der Waals surface area contributed by atoms with Gasteiger partial charge in [-0.15, -0.1) is 0 Å². The number of carbonyl (C=O) groups is 1. The van der Waals surface area contributed by atoms with Gasteiger partial charge < -0.3 is 15.4 Å². The number of benzene rings is 2. The van der Waals surface area contributed by atoms with E-state index < -0.39 is 0 Å². The van der Waals surface area contributed by atoms with Crippen LogP contribution in [-0.4, -0.2) is 19.6 Å². The van der Waals surface area contributed by atoms with Crippen molar-refractivity contribution < 1.29 is 9.53 Å². The van der Waals surface area contributed by atoms with Gasteiger partial charge in [0, 0.05) is 18.2 Å². The van der Waals surface area contributed by atoms with Crippen LogP contribution >= 0.6 is 0 Å². The van der Waals surface area contributed by atoms with Crippen molar-refractivity contribution in [3.63, 3.8) is 0 Å². The SMILES string of the molecule is COc1ccccc1CNC(=O)CN[C@H](C)c1ccccc1. The fourth-order valence-electron chi connectivity index (χ4n) is 2.21. The lowest BCUT2D eigenvalue weighted by atomic mass is 10.1. The number of rotatable bonds is 7. The molecule has 0 aliphatic carbocycles. The third kappa shape index (κ3) is 4.60. The Hall–Kier alpha value is -2.33. The predicted octanol–water partition coefficient (Wildman–Crippen LogP) is 2.66. The zero-order valence-electron chi connectivity index (χ0n) is 13.0. The van der Waals surface area contributed by atoms with Crippen LogP contribution in [-0.2, 0) is 11.3 Å². The highest BCUT2D eigenvalue weighted by Crippen LogP contribution is 2.16. The van der Waals surface area contributed by atoms with Crippen LogP contribution in [0.1, 0.15) is 24.1 Å². The van der Waals surface area contributed by atoms with Crippen molar-refractivity contribution in [2.45, 2.75) is 19.5 Å². The molecule has 0 saturated heterocycles. The second-order valence-corrected chi connectivity index (χ2v) is 5.10. The molecule has 22 heavy (non-hydrogen) atoms. The van der Waals surface area contributed by atoms with Gasteiger partial charge in [0.25, 0.3) is 0 Å². The van der Waals surface area contributed by atoms with Gasteiger partial charge in [0.15, 0.2) is 0 Å². The Balaban J connectivity index is 1.79. The van der Waals surface area contributed by atoms with Crippen LogP contribution in [0.2, 0.25) is 0 Å². The third-order valence-electron chi connectivity index (χ3n) is 3.54. The molecule has 1 atom stereocenters. The molecule has 0 aromatic heterocycles. The molecule has 2 N–H and O–H groups in total. The lowest BCUT2D eigenvalue weighted by molar-refractivity contribution is -0.120. The second-order valence-electron chi connectivity index (χ2n) is 5.10. The number of hydrogen-bond donors (Lipinski definition) is 2. The Morgan fingerprint density at radius 3 is 2.50 bits per heavy atom. The summed E-state index contributed by atoms with van der Waals surface area (Å²) in [5.74, 6) is 0.752. The summed E-state index contributed by atoms with van der Waals surface area (Å²) in [5, 5.41) is 6.12. The van der Waals surface area contributed by atoms with E-state index in [9.17, 15) is 4.79 Å². The Morgan fingerprint density at radius 2 is 1.77 bits per heavy atom. The van der Waals surface area contributed by atoms with Crippen molar-refractivity contribution in [1.29, 1.82) is 0 Å². The minimum absolute atomic E-state index is 0.0336. The van der Waals surface area contributed by atoms with Crippen molar-refractivity contribution in [1.82, 2.24) is 10.6 Å². The van der Waals surface area contributed by atoms with Gasteiger partial charge in [0.05, 0.1) is 13.7 Å². The van der Waals surface area contributed by atoms with Gasteiger partial charge in [-0.25, -0.2) is 0 Å². The molecule has 0 aliphatic heterocycles. The maximum Gasteiger partial charge on any atom is 0.234 e. The van der Waals surface area contributed by atoms with Crippen molar-refractivity contribution in [3.05, 3.63) is 65.7 Å². The van der Waals surface area contributed by atoms with Crippen molar-refractivity contribution >= 4 is 5.91 Å². The number of amides is 1. The molecule has 0 spiro atoms. The molecule has 0 saturated carbocycles. The maximum atomic E-state index is 11.9. The highest BCUT2D eigenvalue weighted by atomic mass is 16.5. The average Bonchev–Trinajstić information content (AvgIpc) is 2.58. The molecule has 4 nitrogen and oxygen atoms in total. The highest BCUT2D eigenvalue weighted by Gasteiger charge is 2.08. The smallest absolute Gasteiger partial charge is 0.234 e. The van der Waals surface area contributed by atoms with Crippen LogP contribution in [0.15, 0.2) is 54.6 Å². The van der Waals surface area contributed by atoms with Gasteiger partial charge in [0.1, 0.15) is 5.75 Å². The number of nitrogens with one attached hydrogen (secondary N) is 2. The number of hydrogen-bond acceptors (Lipinski definition) is 3. The molecular formula is C18H22N2O2. The average molecular weight is 298 g/mol. The van der Waals surface area contributed by atoms with Crippen molar-refractivity contribution in [2.24, 2.45) is 0 Å². The molecule has 0 aliphatic rings. The summed E-state index contributed by atoms with van der Waals surface area (Å²) < 4.78 is 5.27. The Labute approximate surface area is 131 Å². The summed E-state index contributed by atoms with van der Waals surface area (Å²) in [6, 6.07) is 17.9. The largest absolute Gasteiger partial charge is 0.496 e. The molecule has 0 radical (unpaired) electrons. The normalized spacial score (nSPS) is 11.7. The van der Waals surface area contributed by atoms with Gasteiger partial charge in [-0.2, -0.15) is 0 Å². The van der Waals surface area contributed by atoms with Gasteiger partial charge in [-0.05, 0) is 18.6 Å². The Kier molecular flexibility index (Phi) is 5.98. The highest BCUT2D eigenvalue weighted by molar-refractivity contribution is 5.78. The van der Waals surface area contributed by atoms with Crippen molar-refractivity contribution in [3.8, 4) is 5.75 Å². The number of ether oxygens (including phenoxy) is 1. The minimum atomic E-state index is -0.0336. The lowest BCUT2D eigenvalue weighted by Crippen LogP contribution is -2.34. The summed E-state index contributed by atoms with van der Waals surface area (Å²) >= 11 is 0. The first-order valence-corrected chi connectivity index (χ1v) is 7.37. The molecule has 2 aromatic rings. The van der Waals surface area contributed by atoms with Gasteiger partial charge in [0.2, 0.25) is 5.91 Å². The number of methoxy groups -OCH3 is 1. The van der Waals surface area contributed by atoms with Crippen molar-refractivity contribution in [2.75, 3.05) is 13.7 Å².